The Labute approximate surface area is 208 Å². The van der Waals surface area contributed by atoms with E-state index >= 15 is 0 Å². The van der Waals surface area contributed by atoms with Crippen LogP contribution in [0.25, 0.3) is 11.5 Å². The van der Waals surface area contributed by atoms with E-state index in [4.69, 9.17) is 4.42 Å². The minimum atomic E-state index is -3.76. The molecule has 1 heterocycles. The number of sulfonamides is 1. The van der Waals surface area contributed by atoms with E-state index in [0.717, 1.165) is 11.8 Å². The van der Waals surface area contributed by atoms with Gasteiger partial charge in [0, 0.05) is 31.0 Å². The summed E-state index contributed by atoms with van der Waals surface area (Å²) in [6, 6.07) is 20.4. The van der Waals surface area contributed by atoms with Gasteiger partial charge >= 0.3 is 6.01 Å². The number of hydrogen-bond acceptors (Lipinski definition) is 8. The fraction of sp³-hybridized carbons (Fsp3) is 0.125. The maximum absolute atomic E-state index is 12.9. The molecule has 1 aromatic heterocycles. The number of sulfone groups is 1. The molecule has 4 rings (SSSR count). The first-order valence-corrected chi connectivity index (χ1v) is 13.9. The van der Waals surface area contributed by atoms with Gasteiger partial charge in [-0.25, -0.2) is 16.8 Å². The highest BCUT2D eigenvalue weighted by atomic mass is 32.2. The number of nitrogens with one attached hydrogen (secondary N) is 1. The second-order valence-electron chi connectivity index (χ2n) is 7.94. The average Bonchev–Trinajstić information content (AvgIpc) is 3.33. The highest BCUT2D eigenvalue weighted by Gasteiger charge is 2.22. The van der Waals surface area contributed by atoms with Gasteiger partial charge < -0.3 is 4.42 Å². The third-order valence-corrected chi connectivity index (χ3v) is 8.16. The van der Waals surface area contributed by atoms with Crippen LogP contribution in [0.4, 0.5) is 6.01 Å². The van der Waals surface area contributed by atoms with Gasteiger partial charge in [-0.1, -0.05) is 41.5 Å². The van der Waals surface area contributed by atoms with Crippen LogP contribution in [0.5, 0.6) is 0 Å². The summed E-state index contributed by atoms with van der Waals surface area (Å²) in [6.07, 6.45) is 1.09. The zero-order chi connectivity index (χ0) is 25.9. The number of hydrogen-bond donors (Lipinski definition) is 1. The van der Waals surface area contributed by atoms with Crippen molar-refractivity contribution in [1.29, 1.82) is 0 Å². The molecule has 0 unspecified atom stereocenters. The molecule has 0 radical (unpaired) electrons. The van der Waals surface area contributed by atoms with Crippen molar-refractivity contribution in [2.24, 2.45) is 0 Å². The summed E-state index contributed by atoms with van der Waals surface area (Å²) >= 11 is 0. The predicted molar refractivity (Wildman–Crippen MR) is 132 cm³/mol. The highest BCUT2D eigenvalue weighted by molar-refractivity contribution is 7.90. The van der Waals surface area contributed by atoms with Crippen LogP contribution in [-0.2, 0) is 26.4 Å². The van der Waals surface area contributed by atoms with Crippen molar-refractivity contribution in [3.8, 4) is 11.5 Å². The van der Waals surface area contributed by atoms with Gasteiger partial charge in [-0.3, -0.25) is 10.1 Å². The molecular weight excluding hydrogens is 504 g/mol. The normalized spacial score (nSPS) is 12.0. The van der Waals surface area contributed by atoms with E-state index in [1.54, 1.807) is 12.1 Å². The second kappa shape index (κ2) is 10.0. The van der Waals surface area contributed by atoms with Crippen molar-refractivity contribution in [2.75, 3.05) is 18.6 Å². The predicted octanol–water partition coefficient (Wildman–Crippen LogP) is 3.21. The molecule has 1 amide bonds. The summed E-state index contributed by atoms with van der Waals surface area (Å²) in [5, 5.41) is 10.1. The van der Waals surface area contributed by atoms with Gasteiger partial charge in [-0.2, -0.15) is 4.31 Å². The minimum absolute atomic E-state index is 0.0266. The Bertz CT molecular complexity index is 1600. The first-order valence-electron chi connectivity index (χ1n) is 10.6. The Morgan fingerprint density at radius 1 is 0.889 bits per heavy atom. The van der Waals surface area contributed by atoms with Crippen LogP contribution in [0.15, 0.2) is 93.1 Å². The Morgan fingerprint density at radius 3 is 2.25 bits per heavy atom. The second-order valence-corrected chi connectivity index (χ2v) is 12.0. The molecule has 3 aromatic carbocycles. The quantitative estimate of drug-likeness (QED) is 0.369. The van der Waals surface area contributed by atoms with Crippen molar-refractivity contribution >= 4 is 31.8 Å². The summed E-state index contributed by atoms with van der Waals surface area (Å²) in [6.45, 7) is 0.206. The van der Waals surface area contributed by atoms with Crippen LogP contribution < -0.4 is 5.32 Å². The molecule has 12 heteroatoms. The lowest BCUT2D eigenvalue weighted by molar-refractivity contribution is 0.102. The number of carbonyl (C=O) groups is 1. The molecule has 1 N–H and O–H groups in total. The van der Waals surface area contributed by atoms with Crippen molar-refractivity contribution in [1.82, 2.24) is 14.5 Å². The van der Waals surface area contributed by atoms with Crippen LogP contribution >= 0.6 is 0 Å². The van der Waals surface area contributed by atoms with Crippen LogP contribution in [-0.4, -0.2) is 50.5 Å². The topological polar surface area (TPSA) is 140 Å². The molecule has 0 saturated heterocycles. The fourth-order valence-electron chi connectivity index (χ4n) is 3.30. The van der Waals surface area contributed by atoms with Gasteiger partial charge in [0.2, 0.25) is 15.9 Å². The summed E-state index contributed by atoms with van der Waals surface area (Å²) < 4.78 is 56.0. The van der Waals surface area contributed by atoms with E-state index in [1.165, 1.54) is 47.8 Å². The minimum Gasteiger partial charge on any atom is -0.403 e. The smallest absolute Gasteiger partial charge is 0.322 e. The molecule has 10 nitrogen and oxygen atoms in total. The van der Waals surface area contributed by atoms with Gasteiger partial charge in [0.25, 0.3) is 5.91 Å². The summed E-state index contributed by atoms with van der Waals surface area (Å²) in [7, 11) is -5.70. The number of rotatable bonds is 8. The van der Waals surface area contributed by atoms with E-state index in [0.29, 0.717) is 5.56 Å². The number of amides is 1. The third kappa shape index (κ3) is 5.67. The number of carbonyl (C=O) groups excluding carboxylic acids is 1. The lowest BCUT2D eigenvalue weighted by Crippen LogP contribution is -2.26. The molecule has 4 aromatic rings. The molecule has 0 saturated carbocycles. The molecule has 0 fully saturated rings. The van der Waals surface area contributed by atoms with Gasteiger partial charge in [0.1, 0.15) is 0 Å². The number of anilines is 1. The molecule has 186 valence electrons. The third-order valence-electron chi connectivity index (χ3n) is 5.23. The maximum Gasteiger partial charge on any atom is 0.322 e. The van der Waals surface area contributed by atoms with E-state index in [1.807, 2.05) is 30.3 Å². The number of aromatic nitrogens is 2. The lowest BCUT2D eigenvalue weighted by atomic mass is 10.2. The molecule has 0 aliphatic carbocycles. The number of nitrogens with zero attached hydrogens (tertiary/aromatic N) is 3. The van der Waals surface area contributed by atoms with Crippen LogP contribution in [0, 0.1) is 0 Å². The van der Waals surface area contributed by atoms with E-state index in [2.05, 4.69) is 15.5 Å². The summed E-state index contributed by atoms with van der Waals surface area (Å²) in [5.41, 5.74) is 1.40. The van der Waals surface area contributed by atoms with Gasteiger partial charge in [-0.05, 0) is 48.0 Å². The average molecular weight is 527 g/mol. The molecule has 0 bridgehead atoms. The van der Waals surface area contributed by atoms with E-state index in [-0.39, 0.29) is 33.8 Å². The van der Waals surface area contributed by atoms with Crippen molar-refractivity contribution in [3.63, 3.8) is 0 Å². The molecule has 0 aliphatic heterocycles. The first-order chi connectivity index (χ1) is 17.0. The maximum atomic E-state index is 12.9. The monoisotopic (exact) mass is 526 g/mol. The fourth-order valence-corrected chi connectivity index (χ4v) is 5.13. The molecule has 0 aliphatic rings. The van der Waals surface area contributed by atoms with Crippen molar-refractivity contribution < 1.29 is 26.0 Å². The van der Waals surface area contributed by atoms with E-state index in [9.17, 15) is 21.6 Å². The SMILES string of the molecule is CN(Cc1ccccc1)S(=O)(=O)c1ccc(C(=O)Nc2nnc(-c3cccc(S(C)(=O)=O)c3)o2)cc1. The Hall–Kier alpha value is -3.87. The van der Waals surface area contributed by atoms with Gasteiger partial charge in [0.05, 0.1) is 9.79 Å². The largest absolute Gasteiger partial charge is 0.403 e. The zero-order valence-corrected chi connectivity index (χ0v) is 21.0. The highest BCUT2D eigenvalue weighted by Crippen LogP contribution is 2.23. The molecule has 36 heavy (non-hydrogen) atoms. The van der Waals surface area contributed by atoms with Crippen molar-refractivity contribution in [3.05, 3.63) is 90.0 Å². The summed E-state index contributed by atoms with van der Waals surface area (Å²) in [5.74, 6) is -0.560. The summed E-state index contributed by atoms with van der Waals surface area (Å²) in [4.78, 5) is 12.7. The number of benzene rings is 3. The van der Waals surface area contributed by atoms with Gasteiger partial charge in [-0.15, -0.1) is 5.10 Å². The van der Waals surface area contributed by atoms with Crippen LogP contribution in [0.1, 0.15) is 15.9 Å². The Morgan fingerprint density at radius 2 is 1.58 bits per heavy atom. The Balaban J connectivity index is 1.45. The standard InChI is InChI=1S/C24H22N4O6S2/c1-28(16-17-7-4-3-5-8-17)36(32,33)20-13-11-18(12-14-20)22(29)25-24-27-26-23(34-24)19-9-6-10-21(15-19)35(2,30)31/h3-15H,16H2,1-2H3,(H,25,27,29). The molecular formula is C24H22N4O6S2. The van der Waals surface area contributed by atoms with E-state index < -0.39 is 25.8 Å². The van der Waals surface area contributed by atoms with Crippen LogP contribution in [0.2, 0.25) is 0 Å². The molecule has 0 atom stereocenters. The molecule has 0 spiro atoms. The zero-order valence-electron chi connectivity index (χ0n) is 19.3. The first kappa shape index (κ1) is 25.2. The van der Waals surface area contributed by atoms with Gasteiger partial charge in [0.15, 0.2) is 9.84 Å². The Kier molecular flexibility index (Phi) is 7.02. The lowest BCUT2D eigenvalue weighted by Gasteiger charge is -2.17. The van der Waals surface area contributed by atoms with Crippen molar-refractivity contribution in [2.45, 2.75) is 16.3 Å². The van der Waals surface area contributed by atoms with Crippen LogP contribution in [0.3, 0.4) is 0 Å².